The first-order valence-corrected chi connectivity index (χ1v) is 14.1. The van der Waals surface area contributed by atoms with E-state index in [2.05, 4.69) is 5.32 Å². The van der Waals surface area contributed by atoms with Gasteiger partial charge in [-0.3, -0.25) is 9.69 Å². The number of rotatable bonds is 8. The minimum absolute atomic E-state index is 0.0417. The van der Waals surface area contributed by atoms with E-state index < -0.39 is 61.9 Å². The molecule has 2 aliphatic rings. The lowest BCUT2D eigenvalue weighted by Crippen LogP contribution is -2.43. The van der Waals surface area contributed by atoms with Crippen molar-refractivity contribution in [2.75, 3.05) is 19.3 Å². The predicted octanol–water partition coefficient (Wildman–Crippen LogP) is 5.58. The molecule has 1 amide bonds. The van der Waals surface area contributed by atoms with Gasteiger partial charge in [-0.1, -0.05) is 18.9 Å². The second-order valence-electron chi connectivity index (χ2n) is 10.5. The molecule has 0 bridgehead atoms. The fourth-order valence-electron chi connectivity index (χ4n) is 5.11. The highest BCUT2D eigenvalue weighted by atomic mass is 32.2. The molecule has 2 aromatic carbocycles. The number of halogens is 7. The Kier molecular flexibility index (Phi) is 7.80. The van der Waals surface area contributed by atoms with Crippen LogP contribution < -0.4 is 5.32 Å². The van der Waals surface area contributed by atoms with Crippen molar-refractivity contribution in [2.24, 2.45) is 11.3 Å². The fraction of sp³-hybridized carbons (Fsp3) is 0.500. The van der Waals surface area contributed by atoms with Gasteiger partial charge in [-0.15, -0.1) is 0 Å². The van der Waals surface area contributed by atoms with E-state index in [0.29, 0.717) is 43.0 Å². The monoisotopic (exact) mass is 580 g/mol. The molecule has 1 aliphatic carbocycles. The quantitative estimate of drug-likeness (QED) is 0.415. The van der Waals surface area contributed by atoms with Crippen LogP contribution in [0.1, 0.15) is 47.9 Å². The highest BCUT2D eigenvalue weighted by Crippen LogP contribution is 2.46. The first kappa shape index (κ1) is 29.3. The number of carbonyl (C=O) groups is 1. The predicted molar refractivity (Wildman–Crippen MR) is 127 cm³/mol. The molecule has 0 aromatic heterocycles. The molecule has 0 spiro atoms. The number of amides is 1. The van der Waals surface area contributed by atoms with Crippen LogP contribution in [-0.4, -0.2) is 38.6 Å². The molecule has 2 fully saturated rings. The smallest absolute Gasteiger partial charge is 0.352 e. The van der Waals surface area contributed by atoms with Crippen molar-refractivity contribution < 1.29 is 43.9 Å². The molecule has 1 unspecified atom stereocenters. The van der Waals surface area contributed by atoms with Gasteiger partial charge in [-0.05, 0) is 66.8 Å². The minimum Gasteiger partial charge on any atom is -0.352 e. The molecule has 13 heteroatoms. The Morgan fingerprint density at radius 1 is 1.00 bits per heavy atom. The number of sulfone groups is 1. The van der Waals surface area contributed by atoms with Gasteiger partial charge >= 0.3 is 12.4 Å². The number of nitrogens with zero attached hydrogens (tertiary/aromatic N) is 1. The van der Waals surface area contributed by atoms with Crippen molar-refractivity contribution in [3.8, 4) is 0 Å². The zero-order chi connectivity index (χ0) is 28.8. The average molecular weight is 581 g/mol. The molecule has 1 aliphatic heterocycles. The number of hydrogen-bond acceptors (Lipinski definition) is 4. The summed E-state index contributed by atoms with van der Waals surface area (Å²) in [6.07, 6.45) is -6.29. The van der Waals surface area contributed by atoms with Crippen LogP contribution in [0.4, 0.5) is 30.7 Å². The van der Waals surface area contributed by atoms with E-state index in [1.165, 1.54) is 12.1 Å². The largest absolute Gasteiger partial charge is 0.416 e. The number of likely N-dealkylation sites (tertiary alicyclic amines) is 1. The van der Waals surface area contributed by atoms with Crippen LogP contribution in [-0.2, 0) is 40.1 Å². The molecule has 5 nitrogen and oxygen atoms in total. The second-order valence-corrected chi connectivity index (χ2v) is 12.5. The molecule has 1 N–H and O–H groups in total. The van der Waals surface area contributed by atoms with E-state index in [-0.39, 0.29) is 24.7 Å². The highest BCUT2D eigenvalue weighted by Gasteiger charge is 2.47. The zero-order valence-corrected chi connectivity index (χ0v) is 21.7. The average Bonchev–Trinajstić information content (AvgIpc) is 3.53. The number of benzene rings is 2. The van der Waals surface area contributed by atoms with Gasteiger partial charge in [0.25, 0.3) is 0 Å². The molecule has 4 rings (SSSR count). The van der Waals surface area contributed by atoms with Gasteiger partial charge in [0.15, 0.2) is 9.84 Å². The molecule has 214 valence electrons. The number of alkyl halides is 6. The van der Waals surface area contributed by atoms with Gasteiger partial charge in [0.2, 0.25) is 5.91 Å². The zero-order valence-electron chi connectivity index (χ0n) is 20.9. The van der Waals surface area contributed by atoms with Crippen LogP contribution in [0.5, 0.6) is 0 Å². The molecule has 1 saturated heterocycles. The summed E-state index contributed by atoms with van der Waals surface area (Å²) in [5.41, 5.74) is -3.61. The molecule has 1 saturated carbocycles. The van der Waals surface area contributed by atoms with Gasteiger partial charge < -0.3 is 5.32 Å². The number of nitrogens with one attached hydrogen (secondary N) is 1. The van der Waals surface area contributed by atoms with E-state index in [1.807, 2.05) is 4.90 Å². The fourth-order valence-corrected chi connectivity index (χ4v) is 5.83. The van der Waals surface area contributed by atoms with Gasteiger partial charge in [0.1, 0.15) is 10.7 Å². The maximum absolute atomic E-state index is 14.3. The molecule has 39 heavy (non-hydrogen) atoms. The maximum Gasteiger partial charge on any atom is 0.416 e. The van der Waals surface area contributed by atoms with Crippen molar-refractivity contribution in [3.63, 3.8) is 0 Å². The van der Waals surface area contributed by atoms with Crippen molar-refractivity contribution in [1.82, 2.24) is 10.2 Å². The minimum atomic E-state index is -4.99. The summed E-state index contributed by atoms with van der Waals surface area (Å²) in [6.45, 7) is 0.457. The van der Waals surface area contributed by atoms with Gasteiger partial charge in [0.05, 0.1) is 16.5 Å². The van der Waals surface area contributed by atoms with Crippen LogP contribution >= 0.6 is 0 Å². The van der Waals surface area contributed by atoms with Crippen LogP contribution in [0, 0.1) is 17.2 Å². The summed E-state index contributed by atoms with van der Waals surface area (Å²) in [4.78, 5) is 14.9. The van der Waals surface area contributed by atoms with Crippen molar-refractivity contribution in [2.45, 2.75) is 56.0 Å². The van der Waals surface area contributed by atoms with Crippen molar-refractivity contribution >= 4 is 15.7 Å². The van der Waals surface area contributed by atoms with Crippen LogP contribution in [0.2, 0.25) is 0 Å². The summed E-state index contributed by atoms with van der Waals surface area (Å²) in [6, 6.07) is 5.04. The maximum atomic E-state index is 14.3. The third-order valence-corrected chi connectivity index (χ3v) is 8.32. The number of carbonyl (C=O) groups excluding carboxylic acids is 1. The highest BCUT2D eigenvalue weighted by molar-refractivity contribution is 7.90. The van der Waals surface area contributed by atoms with E-state index in [4.69, 9.17) is 0 Å². The molecular weight excluding hydrogens is 553 g/mol. The summed E-state index contributed by atoms with van der Waals surface area (Å²) in [5, 5.41) is 2.56. The molecule has 2 aromatic rings. The Labute approximate surface area is 221 Å². The Balaban J connectivity index is 1.49. The lowest BCUT2D eigenvalue weighted by molar-refractivity contribution is -0.143. The van der Waals surface area contributed by atoms with Gasteiger partial charge in [0, 0.05) is 25.9 Å². The van der Waals surface area contributed by atoms with Gasteiger partial charge in [-0.2, -0.15) is 26.3 Å². The summed E-state index contributed by atoms with van der Waals surface area (Å²) < 4.78 is 117. The van der Waals surface area contributed by atoms with Crippen LogP contribution in [0.25, 0.3) is 0 Å². The van der Waals surface area contributed by atoms with Crippen LogP contribution in [0.3, 0.4) is 0 Å². The summed E-state index contributed by atoms with van der Waals surface area (Å²) in [5.74, 6) is -1.04. The first-order chi connectivity index (χ1) is 18.0. The lowest BCUT2D eigenvalue weighted by atomic mass is 9.80. The standard InChI is InChI=1S/C26H27F7N2O3S/c1-39(37,38)22-5-4-17(10-21(22)27)14-35-7-6-24(15-35,12-16-2-3-16)23(36)34-13-18-8-19(25(28,29)30)11-20(9-18)26(31,32)33/h4-5,8-11,16H,2-3,6-7,12-15H2,1H3,(H,34,36). The van der Waals surface area contributed by atoms with Crippen molar-refractivity contribution in [1.29, 1.82) is 0 Å². The second kappa shape index (κ2) is 10.4. The third kappa shape index (κ3) is 7.10. The van der Waals surface area contributed by atoms with Gasteiger partial charge in [-0.25, -0.2) is 12.8 Å². The Hall–Kier alpha value is -2.67. The lowest BCUT2D eigenvalue weighted by Gasteiger charge is -2.29. The Morgan fingerprint density at radius 2 is 1.62 bits per heavy atom. The Bertz CT molecular complexity index is 1320. The SMILES string of the molecule is CS(=O)(=O)c1ccc(CN2CCC(CC3CC3)(C(=O)NCc3cc(C(F)(F)F)cc(C(F)(F)F)c3)C2)cc1F. The third-order valence-electron chi connectivity index (χ3n) is 7.19. The molecular formula is C26H27F7N2O3S. The van der Waals surface area contributed by atoms with E-state index in [1.54, 1.807) is 0 Å². The first-order valence-electron chi connectivity index (χ1n) is 12.2. The van der Waals surface area contributed by atoms with Crippen molar-refractivity contribution in [3.05, 3.63) is 64.5 Å². The van der Waals surface area contributed by atoms with Crippen LogP contribution in [0.15, 0.2) is 41.3 Å². The number of hydrogen-bond donors (Lipinski definition) is 1. The van der Waals surface area contributed by atoms with E-state index >= 15 is 0 Å². The van der Waals surface area contributed by atoms with E-state index in [9.17, 15) is 43.9 Å². The summed E-state index contributed by atoms with van der Waals surface area (Å²) in [7, 11) is -3.73. The molecule has 0 radical (unpaired) electrons. The normalized spacial score (nSPS) is 20.8. The molecule has 1 heterocycles. The topological polar surface area (TPSA) is 66.5 Å². The Morgan fingerprint density at radius 3 is 2.13 bits per heavy atom. The summed E-state index contributed by atoms with van der Waals surface area (Å²) >= 11 is 0. The molecule has 1 atom stereocenters. The van der Waals surface area contributed by atoms with E-state index in [0.717, 1.165) is 25.2 Å².